The summed E-state index contributed by atoms with van der Waals surface area (Å²) >= 11 is 18.1. The summed E-state index contributed by atoms with van der Waals surface area (Å²) in [6, 6.07) is 25.1. The molecular weight excluding hydrogens is 535 g/mol. The van der Waals surface area contributed by atoms with E-state index in [1.807, 2.05) is 0 Å². The molecule has 0 saturated carbocycles. The Hall–Kier alpha value is -3.84. The maximum Gasteiger partial charge on any atom is 0.345 e. The molecule has 0 saturated heterocycles. The normalized spacial score (nSPS) is 10.8. The number of carbonyl (C=O) groups excluding carboxylic acids is 2. The molecule has 9 heteroatoms. The smallest absolute Gasteiger partial charge is 0.345 e. The number of benzene rings is 4. The van der Waals surface area contributed by atoms with Gasteiger partial charge in [-0.25, -0.2) is 10.2 Å². The summed E-state index contributed by atoms with van der Waals surface area (Å²) in [5, 5.41) is 5.37. The van der Waals surface area contributed by atoms with Crippen molar-refractivity contribution in [1.29, 1.82) is 0 Å². The second kappa shape index (κ2) is 12.4. The molecule has 0 aliphatic carbocycles. The Morgan fingerprint density at radius 1 is 0.811 bits per heavy atom. The number of hydrazone groups is 1. The van der Waals surface area contributed by atoms with Crippen molar-refractivity contribution in [1.82, 2.24) is 5.43 Å². The molecule has 0 fully saturated rings. The maximum atomic E-state index is 12.4. The van der Waals surface area contributed by atoms with Crippen molar-refractivity contribution in [3.63, 3.8) is 0 Å². The fourth-order valence-corrected chi connectivity index (χ4v) is 3.82. The Morgan fingerprint density at radius 3 is 2.22 bits per heavy atom. The van der Waals surface area contributed by atoms with E-state index < -0.39 is 5.97 Å². The van der Waals surface area contributed by atoms with E-state index in [2.05, 4.69) is 10.5 Å². The average molecular weight is 554 g/mol. The average Bonchev–Trinajstić information content (AvgIpc) is 2.89. The SMILES string of the molecule is O=C(N/N=C/c1ccc(OC(=O)c2ccccc2Cl)cc1)c1ccc(OCc2ccc(Cl)cc2Cl)cc1. The van der Waals surface area contributed by atoms with Crippen molar-refractivity contribution in [2.45, 2.75) is 6.61 Å². The van der Waals surface area contributed by atoms with E-state index in [4.69, 9.17) is 44.3 Å². The first-order valence-electron chi connectivity index (χ1n) is 11.0. The van der Waals surface area contributed by atoms with Gasteiger partial charge >= 0.3 is 5.97 Å². The van der Waals surface area contributed by atoms with Gasteiger partial charge in [-0.2, -0.15) is 5.10 Å². The summed E-state index contributed by atoms with van der Waals surface area (Å²) in [4.78, 5) is 24.6. The second-order valence-electron chi connectivity index (χ2n) is 7.69. The van der Waals surface area contributed by atoms with Gasteiger partial charge < -0.3 is 9.47 Å². The van der Waals surface area contributed by atoms with Crippen molar-refractivity contribution in [3.8, 4) is 11.5 Å². The van der Waals surface area contributed by atoms with E-state index in [9.17, 15) is 9.59 Å². The number of halogens is 3. The van der Waals surface area contributed by atoms with Crippen LogP contribution in [0.3, 0.4) is 0 Å². The largest absolute Gasteiger partial charge is 0.489 e. The van der Waals surface area contributed by atoms with Crippen molar-refractivity contribution in [2.24, 2.45) is 5.10 Å². The quantitative estimate of drug-likeness (QED) is 0.108. The number of esters is 1. The molecule has 1 N–H and O–H groups in total. The molecule has 4 aromatic rings. The van der Waals surface area contributed by atoms with Gasteiger partial charge in [0, 0.05) is 21.2 Å². The van der Waals surface area contributed by atoms with Gasteiger partial charge in [-0.3, -0.25) is 4.79 Å². The fraction of sp³-hybridized carbons (Fsp3) is 0.0357. The highest BCUT2D eigenvalue weighted by Crippen LogP contribution is 2.23. The lowest BCUT2D eigenvalue weighted by Crippen LogP contribution is -2.17. The van der Waals surface area contributed by atoms with Gasteiger partial charge in [0.05, 0.1) is 16.8 Å². The summed E-state index contributed by atoms with van der Waals surface area (Å²) in [7, 11) is 0. The molecule has 0 heterocycles. The molecule has 0 spiro atoms. The van der Waals surface area contributed by atoms with Crippen molar-refractivity contribution in [3.05, 3.63) is 128 Å². The molecule has 0 aromatic heterocycles. The molecule has 1 amide bonds. The zero-order valence-corrected chi connectivity index (χ0v) is 21.4. The van der Waals surface area contributed by atoms with Crippen LogP contribution in [-0.4, -0.2) is 18.1 Å². The lowest BCUT2D eigenvalue weighted by atomic mass is 10.2. The molecule has 0 aliphatic rings. The zero-order valence-electron chi connectivity index (χ0n) is 19.2. The van der Waals surface area contributed by atoms with E-state index in [0.29, 0.717) is 37.7 Å². The minimum Gasteiger partial charge on any atom is -0.489 e. The van der Waals surface area contributed by atoms with Crippen LogP contribution in [0, 0.1) is 0 Å². The Balaban J connectivity index is 1.27. The zero-order chi connectivity index (χ0) is 26.2. The van der Waals surface area contributed by atoms with Crippen LogP contribution in [0.25, 0.3) is 0 Å². The summed E-state index contributed by atoms with van der Waals surface area (Å²) in [6.07, 6.45) is 1.48. The third-order valence-corrected chi connectivity index (χ3v) is 6.01. The Morgan fingerprint density at radius 2 is 1.51 bits per heavy atom. The lowest BCUT2D eigenvalue weighted by molar-refractivity contribution is 0.0734. The van der Waals surface area contributed by atoms with Crippen LogP contribution in [0.1, 0.15) is 31.8 Å². The maximum absolute atomic E-state index is 12.4. The van der Waals surface area contributed by atoms with Gasteiger partial charge in [-0.15, -0.1) is 0 Å². The summed E-state index contributed by atoms with van der Waals surface area (Å²) in [5.74, 6) is 0.00598. The number of hydrogen-bond acceptors (Lipinski definition) is 5. The monoisotopic (exact) mass is 552 g/mol. The Labute approximate surface area is 228 Å². The molecule has 0 aliphatic heterocycles. The number of nitrogens with zero attached hydrogens (tertiary/aromatic N) is 1. The highest BCUT2D eigenvalue weighted by Gasteiger charge is 2.12. The number of nitrogens with one attached hydrogen (secondary N) is 1. The van der Waals surface area contributed by atoms with Gasteiger partial charge in [0.2, 0.25) is 0 Å². The van der Waals surface area contributed by atoms with Crippen LogP contribution < -0.4 is 14.9 Å². The van der Waals surface area contributed by atoms with Gasteiger partial charge in [0.1, 0.15) is 18.1 Å². The number of amides is 1. The van der Waals surface area contributed by atoms with E-state index in [0.717, 1.165) is 5.56 Å². The van der Waals surface area contributed by atoms with Gasteiger partial charge in [-0.1, -0.05) is 53.0 Å². The van der Waals surface area contributed by atoms with Crippen LogP contribution in [0.4, 0.5) is 0 Å². The Kier molecular flexibility index (Phi) is 8.80. The summed E-state index contributed by atoms with van der Waals surface area (Å²) in [6.45, 7) is 0.268. The highest BCUT2D eigenvalue weighted by atomic mass is 35.5. The molecule has 4 rings (SSSR count). The second-order valence-corrected chi connectivity index (χ2v) is 8.94. The fourth-order valence-electron chi connectivity index (χ4n) is 3.14. The third-order valence-electron chi connectivity index (χ3n) is 5.09. The predicted molar refractivity (Wildman–Crippen MR) is 145 cm³/mol. The number of hydrogen-bond donors (Lipinski definition) is 1. The molecule has 4 aromatic carbocycles. The van der Waals surface area contributed by atoms with Crippen LogP contribution in [0.2, 0.25) is 15.1 Å². The molecular formula is C28H19Cl3N2O4. The van der Waals surface area contributed by atoms with E-state index in [1.54, 1.807) is 91.0 Å². The molecule has 0 unspecified atom stereocenters. The van der Waals surface area contributed by atoms with Crippen LogP contribution >= 0.6 is 34.8 Å². The molecule has 0 radical (unpaired) electrons. The van der Waals surface area contributed by atoms with E-state index >= 15 is 0 Å². The minimum absolute atomic E-state index is 0.268. The number of ether oxygens (including phenoxy) is 2. The van der Waals surface area contributed by atoms with Crippen molar-refractivity contribution >= 4 is 52.9 Å². The van der Waals surface area contributed by atoms with Crippen molar-refractivity contribution in [2.75, 3.05) is 0 Å². The van der Waals surface area contributed by atoms with Crippen LogP contribution in [0.15, 0.2) is 96.1 Å². The van der Waals surface area contributed by atoms with Crippen LogP contribution in [0.5, 0.6) is 11.5 Å². The lowest BCUT2D eigenvalue weighted by Gasteiger charge is -2.08. The number of rotatable bonds is 8. The van der Waals surface area contributed by atoms with Gasteiger partial charge in [-0.05, 0) is 78.4 Å². The van der Waals surface area contributed by atoms with E-state index in [-0.39, 0.29) is 18.1 Å². The summed E-state index contributed by atoms with van der Waals surface area (Å²) < 4.78 is 11.1. The summed E-state index contributed by atoms with van der Waals surface area (Å²) in [5.41, 5.74) is 4.66. The Bertz CT molecular complexity index is 1440. The molecule has 6 nitrogen and oxygen atoms in total. The predicted octanol–water partition coefficient (Wildman–Crippen LogP) is 7.21. The highest BCUT2D eigenvalue weighted by molar-refractivity contribution is 6.35. The topological polar surface area (TPSA) is 77.0 Å². The van der Waals surface area contributed by atoms with E-state index in [1.165, 1.54) is 6.21 Å². The standard InChI is InChI=1S/C28H19Cl3N2O4/c29-21-10-7-20(26(31)15-21)17-36-22-13-8-19(9-14-22)27(34)33-32-16-18-5-11-23(12-6-18)37-28(35)24-3-1-2-4-25(24)30/h1-16H,17H2,(H,33,34)/b32-16+. The van der Waals surface area contributed by atoms with Gasteiger partial charge in [0.15, 0.2) is 0 Å². The van der Waals surface area contributed by atoms with Crippen LogP contribution in [-0.2, 0) is 6.61 Å². The molecule has 186 valence electrons. The molecule has 0 bridgehead atoms. The first-order chi connectivity index (χ1) is 17.9. The number of carbonyl (C=O) groups is 2. The molecule has 0 atom stereocenters. The first-order valence-corrected chi connectivity index (χ1v) is 12.1. The first kappa shape index (κ1) is 26.2. The van der Waals surface area contributed by atoms with Crippen molar-refractivity contribution < 1.29 is 19.1 Å². The minimum atomic E-state index is -0.551. The third kappa shape index (κ3) is 7.33. The van der Waals surface area contributed by atoms with Gasteiger partial charge in [0.25, 0.3) is 5.91 Å². The molecule has 37 heavy (non-hydrogen) atoms.